The van der Waals surface area contributed by atoms with Gasteiger partial charge in [-0.05, 0) is 52.4 Å². The molecule has 0 aliphatic carbocycles. The summed E-state index contributed by atoms with van der Waals surface area (Å²) in [4.78, 5) is 0. The lowest BCUT2D eigenvalue weighted by Crippen LogP contribution is -2.83. The Bertz CT molecular complexity index is 1320. The summed E-state index contributed by atoms with van der Waals surface area (Å²) in [5.74, 6) is 0. The molecule has 16 heteroatoms. The van der Waals surface area contributed by atoms with Gasteiger partial charge in [-0.3, -0.25) is 0 Å². The van der Waals surface area contributed by atoms with Crippen molar-refractivity contribution in [3.8, 4) is 0 Å². The second kappa shape index (κ2) is 16.1. The summed E-state index contributed by atoms with van der Waals surface area (Å²) in [7, 11) is -21.8. The average molecular weight is 781 g/mol. The predicted octanol–water partition coefficient (Wildman–Crippen LogP) is 4.52. The first-order valence-corrected chi connectivity index (χ1v) is 32.4. The lowest BCUT2D eigenvalue weighted by atomic mass is 10.4. The van der Waals surface area contributed by atoms with Crippen LogP contribution < -0.4 is 20.7 Å². The first kappa shape index (κ1) is 37.5. The molecule has 0 amide bonds. The normalized spacial score (nSPS) is 26.6. The molecule has 1 fully saturated rings. The number of benzene rings is 4. The number of rotatable bonds is 12. The van der Waals surface area contributed by atoms with Crippen molar-refractivity contribution in [2.45, 2.75) is 52.4 Å². The first-order valence-electron chi connectivity index (χ1n) is 15.9. The average Bonchev–Trinajstić information content (AvgIpc) is 3.04. The minimum Gasteiger partial charge on any atom is -0.413 e. The Morgan fingerprint density at radius 3 is 0.625 bits per heavy atom. The van der Waals surface area contributed by atoms with E-state index in [0.29, 0.717) is 0 Å². The van der Waals surface area contributed by atoms with Crippen LogP contribution in [-0.4, -0.2) is 71.4 Å². The molecule has 1 saturated heterocycles. The Morgan fingerprint density at radius 1 is 0.312 bits per heavy atom. The highest BCUT2D eigenvalue weighted by Gasteiger charge is 2.71. The van der Waals surface area contributed by atoms with Crippen molar-refractivity contribution >= 4 is 92.1 Å². The van der Waals surface area contributed by atoms with Gasteiger partial charge < -0.3 is 32.9 Å². The Hall–Kier alpha value is -1.70. The molecule has 0 atom stereocenters. The van der Waals surface area contributed by atoms with Crippen LogP contribution in [0, 0.1) is 0 Å². The van der Waals surface area contributed by atoms with Crippen LogP contribution in [0.3, 0.4) is 0 Å². The van der Waals surface area contributed by atoms with E-state index in [9.17, 15) is 0 Å². The third-order valence-electron chi connectivity index (χ3n) is 6.94. The van der Waals surface area contributed by atoms with Gasteiger partial charge in [0, 0.05) is 20.7 Å². The van der Waals surface area contributed by atoms with E-state index in [-0.39, 0.29) is 0 Å². The summed E-state index contributed by atoms with van der Waals surface area (Å²) in [5, 5.41) is 3.18. The van der Waals surface area contributed by atoms with E-state index in [1.165, 1.54) is 0 Å². The molecule has 252 valence electrons. The topological polar surface area (TPSA) is 73.8 Å². The second-order valence-corrected chi connectivity index (χ2v) is 32.7. The highest BCUT2D eigenvalue weighted by atomic mass is 28.6. The van der Waals surface area contributed by atoms with Crippen molar-refractivity contribution in [2.75, 3.05) is 0 Å². The maximum Gasteiger partial charge on any atom is 0.512 e. The standard InChI is InChI=1S/C32H44O8Si8/c1-41(2)33-45(29-21-13-9-14-22-29)37-46(34-42(3)4,30-23-15-10-16-24-30)39-48(36-44(7)8,32-27-19-12-20-28-32)40-47(38-45,35-43(5)6)31-25-17-11-18-26-31/h9-28H,1-8H3. The van der Waals surface area contributed by atoms with Crippen LogP contribution in [0.1, 0.15) is 0 Å². The van der Waals surface area contributed by atoms with Gasteiger partial charge in [-0.15, -0.1) is 0 Å². The Balaban J connectivity index is 1.94. The zero-order chi connectivity index (χ0) is 34.4. The van der Waals surface area contributed by atoms with Crippen LogP contribution in [0.4, 0.5) is 0 Å². The zero-order valence-electron chi connectivity index (χ0n) is 28.8. The summed E-state index contributed by atoms with van der Waals surface area (Å²) >= 11 is 0. The molecule has 1 aliphatic heterocycles. The Morgan fingerprint density at radius 2 is 0.479 bits per heavy atom. The quantitative estimate of drug-likeness (QED) is 0.195. The van der Waals surface area contributed by atoms with Crippen molar-refractivity contribution in [2.24, 2.45) is 0 Å². The molecule has 1 aliphatic rings. The van der Waals surface area contributed by atoms with Crippen molar-refractivity contribution in [3.05, 3.63) is 121 Å². The minimum absolute atomic E-state index is 0.795. The maximum absolute atomic E-state index is 7.67. The van der Waals surface area contributed by atoms with Gasteiger partial charge in [0.05, 0.1) is 0 Å². The van der Waals surface area contributed by atoms with Gasteiger partial charge in [0.1, 0.15) is 0 Å². The summed E-state index contributed by atoms with van der Waals surface area (Å²) in [6.07, 6.45) is 0. The largest absolute Gasteiger partial charge is 0.512 e. The van der Waals surface area contributed by atoms with E-state index in [0.717, 1.165) is 20.7 Å². The van der Waals surface area contributed by atoms with Gasteiger partial charge in [-0.2, -0.15) is 0 Å². The van der Waals surface area contributed by atoms with E-state index in [1.807, 2.05) is 121 Å². The molecule has 5 rings (SSSR count). The van der Waals surface area contributed by atoms with E-state index in [4.69, 9.17) is 32.9 Å². The van der Waals surface area contributed by atoms with Crippen LogP contribution in [0.25, 0.3) is 0 Å². The highest BCUT2D eigenvalue weighted by Crippen LogP contribution is 2.35. The lowest BCUT2D eigenvalue weighted by Gasteiger charge is -2.51. The molecule has 0 unspecified atom stereocenters. The lowest BCUT2D eigenvalue weighted by molar-refractivity contribution is 0.108. The van der Waals surface area contributed by atoms with Crippen molar-refractivity contribution in [3.63, 3.8) is 0 Å². The highest BCUT2D eigenvalue weighted by molar-refractivity contribution is 7.04. The molecule has 1 heterocycles. The summed E-state index contributed by atoms with van der Waals surface area (Å²) in [5.41, 5.74) is 0. The monoisotopic (exact) mass is 780 g/mol. The van der Waals surface area contributed by atoms with Gasteiger partial charge in [-0.25, -0.2) is 0 Å². The maximum atomic E-state index is 7.67. The fourth-order valence-electron chi connectivity index (χ4n) is 5.31. The molecule has 0 spiro atoms. The summed E-state index contributed by atoms with van der Waals surface area (Å²) in [6, 6.07) is 39.9. The van der Waals surface area contributed by atoms with E-state index in [1.54, 1.807) is 0 Å². The fraction of sp³-hybridized carbons (Fsp3) is 0.250. The van der Waals surface area contributed by atoms with E-state index >= 15 is 0 Å². The Kier molecular flexibility index (Phi) is 12.6. The molecule has 4 radical (unpaired) electrons. The van der Waals surface area contributed by atoms with Crippen LogP contribution in [0.15, 0.2) is 121 Å². The van der Waals surface area contributed by atoms with Crippen molar-refractivity contribution in [1.82, 2.24) is 0 Å². The summed E-state index contributed by atoms with van der Waals surface area (Å²) < 4.78 is 59.2. The van der Waals surface area contributed by atoms with Crippen LogP contribution in [0.5, 0.6) is 0 Å². The fourth-order valence-corrected chi connectivity index (χ4v) is 34.1. The Labute approximate surface area is 297 Å². The molecule has 0 bridgehead atoms. The molecule has 48 heavy (non-hydrogen) atoms. The molecular weight excluding hydrogens is 737 g/mol. The van der Waals surface area contributed by atoms with Gasteiger partial charge >= 0.3 is 35.2 Å². The van der Waals surface area contributed by atoms with Gasteiger partial charge in [0.25, 0.3) is 0 Å². The molecule has 0 N–H and O–H groups in total. The van der Waals surface area contributed by atoms with Crippen LogP contribution in [-0.2, 0) is 32.9 Å². The van der Waals surface area contributed by atoms with Crippen molar-refractivity contribution < 1.29 is 32.9 Å². The van der Waals surface area contributed by atoms with Crippen LogP contribution >= 0.6 is 0 Å². The number of hydrogen-bond donors (Lipinski definition) is 0. The van der Waals surface area contributed by atoms with Gasteiger partial charge in [0.15, 0.2) is 36.2 Å². The molecule has 8 nitrogen and oxygen atoms in total. The van der Waals surface area contributed by atoms with Crippen molar-refractivity contribution in [1.29, 1.82) is 0 Å². The second-order valence-electron chi connectivity index (χ2n) is 12.1. The molecule has 0 aromatic heterocycles. The predicted molar refractivity (Wildman–Crippen MR) is 206 cm³/mol. The first-order chi connectivity index (χ1) is 22.9. The third-order valence-corrected chi connectivity index (χ3v) is 30.5. The SMILES string of the molecule is C[Si](C)O[Si]1(c2ccccc2)O[Si](O[Si](C)C)(c2ccccc2)O[Si](O[Si](C)C)(c2ccccc2)O[Si](O[Si](C)C)(c2ccccc2)O1. The van der Waals surface area contributed by atoms with Gasteiger partial charge in [0.2, 0.25) is 0 Å². The summed E-state index contributed by atoms with van der Waals surface area (Å²) in [6.45, 7) is 16.7. The number of hydrogen-bond acceptors (Lipinski definition) is 8. The zero-order valence-corrected chi connectivity index (χ0v) is 36.8. The van der Waals surface area contributed by atoms with Gasteiger partial charge in [-0.1, -0.05) is 121 Å². The van der Waals surface area contributed by atoms with E-state index < -0.39 is 71.4 Å². The molecule has 4 aromatic carbocycles. The van der Waals surface area contributed by atoms with Crippen LogP contribution in [0.2, 0.25) is 52.4 Å². The molecular formula is C32H44O8Si8. The van der Waals surface area contributed by atoms with E-state index in [2.05, 4.69) is 52.4 Å². The molecule has 0 saturated carbocycles. The smallest absolute Gasteiger partial charge is 0.413 e. The molecule has 4 aromatic rings. The third kappa shape index (κ3) is 8.59. The minimum atomic E-state index is -4.00.